The Hall–Kier alpha value is -2.47. The van der Waals surface area contributed by atoms with Crippen molar-refractivity contribution in [1.82, 2.24) is 29.6 Å². The molecule has 4 heterocycles. The summed E-state index contributed by atoms with van der Waals surface area (Å²) < 4.78 is 2.13. The molecule has 0 aliphatic carbocycles. The first-order valence-electron chi connectivity index (χ1n) is 8.91. The van der Waals surface area contributed by atoms with Gasteiger partial charge in [0, 0.05) is 62.5 Å². The number of pyridine rings is 1. The molecule has 0 spiro atoms. The number of rotatable bonds is 5. The zero-order chi connectivity index (χ0) is 17.1. The number of aryl methyl sites for hydroxylation is 1. The van der Waals surface area contributed by atoms with Gasteiger partial charge in [0.2, 0.25) is 0 Å². The number of nitrogens with one attached hydrogen (secondary N) is 1. The van der Waals surface area contributed by atoms with E-state index in [2.05, 4.69) is 42.7 Å². The smallest absolute Gasteiger partial charge is 0.108 e. The third kappa shape index (κ3) is 3.64. The molecule has 4 rings (SSSR count). The average molecular weight is 336 g/mol. The summed E-state index contributed by atoms with van der Waals surface area (Å²) in [4.78, 5) is 11.3. The third-order valence-electron chi connectivity index (χ3n) is 5.06. The summed E-state index contributed by atoms with van der Waals surface area (Å²) in [5.41, 5.74) is 3.42. The lowest BCUT2D eigenvalue weighted by atomic mass is 9.94. The molecule has 0 aromatic carbocycles. The van der Waals surface area contributed by atoms with Gasteiger partial charge in [-0.3, -0.25) is 15.0 Å². The molecule has 0 saturated carbocycles. The van der Waals surface area contributed by atoms with Gasteiger partial charge in [-0.1, -0.05) is 0 Å². The van der Waals surface area contributed by atoms with E-state index in [4.69, 9.17) is 0 Å². The van der Waals surface area contributed by atoms with Crippen LogP contribution in [0.5, 0.6) is 0 Å². The van der Waals surface area contributed by atoms with Crippen LogP contribution in [0, 0.1) is 5.92 Å². The topological polar surface area (TPSA) is 62.6 Å². The first-order valence-corrected chi connectivity index (χ1v) is 8.91. The Morgan fingerprint density at radius 2 is 2.24 bits per heavy atom. The fourth-order valence-corrected chi connectivity index (χ4v) is 3.75. The van der Waals surface area contributed by atoms with Gasteiger partial charge in [-0.15, -0.1) is 0 Å². The van der Waals surface area contributed by atoms with Crippen LogP contribution in [0.3, 0.4) is 0 Å². The Balaban J connectivity index is 1.43. The number of imidazole rings is 1. The van der Waals surface area contributed by atoms with Gasteiger partial charge in [-0.25, -0.2) is 4.98 Å². The van der Waals surface area contributed by atoms with Crippen LogP contribution in [0.1, 0.15) is 24.2 Å². The lowest BCUT2D eigenvalue weighted by Crippen LogP contribution is -2.36. The highest BCUT2D eigenvalue weighted by Crippen LogP contribution is 2.25. The van der Waals surface area contributed by atoms with Crippen LogP contribution in [0.4, 0.5) is 0 Å². The van der Waals surface area contributed by atoms with Crippen LogP contribution >= 0.6 is 0 Å². The highest BCUT2D eigenvalue weighted by Gasteiger charge is 2.22. The summed E-state index contributed by atoms with van der Waals surface area (Å²) in [5, 5.41) is 7.40. The van der Waals surface area contributed by atoms with Crippen LogP contribution < -0.4 is 0 Å². The molecule has 1 N–H and O–H groups in total. The second-order valence-corrected chi connectivity index (χ2v) is 6.91. The van der Waals surface area contributed by atoms with Gasteiger partial charge in [-0.05, 0) is 37.4 Å². The monoisotopic (exact) mass is 336 g/mol. The highest BCUT2D eigenvalue weighted by molar-refractivity contribution is 5.61. The van der Waals surface area contributed by atoms with Crippen molar-refractivity contribution in [3.05, 3.63) is 54.5 Å². The normalized spacial score (nSPS) is 18.5. The molecule has 1 aliphatic heterocycles. The van der Waals surface area contributed by atoms with Gasteiger partial charge in [0.1, 0.15) is 5.82 Å². The zero-order valence-corrected chi connectivity index (χ0v) is 14.6. The Labute approximate surface area is 147 Å². The van der Waals surface area contributed by atoms with E-state index in [0.29, 0.717) is 5.92 Å². The second kappa shape index (κ2) is 7.19. The Bertz CT molecular complexity index is 806. The predicted octanol–water partition coefficient (Wildman–Crippen LogP) is 2.66. The number of hydrogen-bond donors (Lipinski definition) is 1. The minimum Gasteiger partial charge on any atom is -0.338 e. The molecule has 0 amide bonds. The van der Waals surface area contributed by atoms with Crippen LogP contribution in [-0.2, 0) is 20.0 Å². The molecule has 0 bridgehead atoms. The molecule has 1 saturated heterocycles. The van der Waals surface area contributed by atoms with E-state index in [9.17, 15) is 0 Å². The lowest BCUT2D eigenvalue weighted by Gasteiger charge is -2.32. The third-order valence-corrected chi connectivity index (χ3v) is 5.06. The number of H-pyrrole nitrogens is 1. The SMILES string of the molecule is Cn1ccnc1C[C@H]1CCCN(Cc2cn[nH]c2-c2cccnc2)C1. The van der Waals surface area contributed by atoms with E-state index in [1.54, 1.807) is 6.20 Å². The van der Waals surface area contributed by atoms with Crippen molar-refractivity contribution in [2.45, 2.75) is 25.8 Å². The molecule has 130 valence electrons. The van der Waals surface area contributed by atoms with E-state index in [1.807, 2.05) is 30.9 Å². The van der Waals surface area contributed by atoms with Gasteiger partial charge in [0.15, 0.2) is 0 Å². The minimum atomic E-state index is 0.670. The van der Waals surface area contributed by atoms with Crippen molar-refractivity contribution in [3.63, 3.8) is 0 Å². The van der Waals surface area contributed by atoms with Gasteiger partial charge in [-0.2, -0.15) is 5.10 Å². The number of aromatic nitrogens is 5. The minimum absolute atomic E-state index is 0.670. The maximum atomic E-state index is 4.49. The summed E-state index contributed by atoms with van der Waals surface area (Å²) in [7, 11) is 2.08. The summed E-state index contributed by atoms with van der Waals surface area (Å²) in [6.45, 7) is 3.19. The predicted molar refractivity (Wildman–Crippen MR) is 96.7 cm³/mol. The van der Waals surface area contributed by atoms with Crippen molar-refractivity contribution in [2.24, 2.45) is 13.0 Å². The zero-order valence-electron chi connectivity index (χ0n) is 14.6. The fourth-order valence-electron chi connectivity index (χ4n) is 3.75. The summed E-state index contributed by atoms with van der Waals surface area (Å²) in [6.07, 6.45) is 13.1. The first kappa shape index (κ1) is 16.0. The van der Waals surface area contributed by atoms with E-state index >= 15 is 0 Å². The van der Waals surface area contributed by atoms with Crippen molar-refractivity contribution in [2.75, 3.05) is 13.1 Å². The van der Waals surface area contributed by atoms with E-state index in [-0.39, 0.29) is 0 Å². The van der Waals surface area contributed by atoms with Crippen LogP contribution in [-0.4, -0.2) is 42.7 Å². The van der Waals surface area contributed by atoms with Gasteiger partial charge in [0.25, 0.3) is 0 Å². The van der Waals surface area contributed by atoms with Gasteiger partial charge >= 0.3 is 0 Å². The second-order valence-electron chi connectivity index (χ2n) is 6.91. The quantitative estimate of drug-likeness (QED) is 0.778. The molecule has 1 aliphatic rings. The molecular formula is C19H24N6. The van der Waals surface area contributed by atoms with E-state index < -0.39 is 0 Å². The number of piperidine rings is 1. The van der Waals surface area contributed by atoms with Gasteiger partial charge < -0.3 is 4.57 Å². The number of likely N-dealkylation sites (tertiary alicyclic amines) is 1. The average Bonchev–Trinajstić information content (AvgIpc) is 3.26. The molecule has 0 unspecified atom stereocenters. The first-order chi connectivity index (χ1) is 12.3. The lowest BCUT2D eigenvalue weighted by molar-refractivity contribution is 0.165. The highest BCUT2D eigenvalue weighted by atomic mass is 15.2. The molecule has 6 heteroatoms. The Kier molecular flexibility index (Phi) is 4.61. The van der Waals surface area contributed by atoms with Crippen LogP contribution in [0.15, 0.2) is 43.1 Å². The molecule has 3 aromatic rings. The van der Waals surface area contributed by atoms with Crippen LogP contribution in [0.2, 0.25) is 0 Å². The number of hydrogen-bond acceptors (Lipinski definition) is 4. The van der Waals surface area contributed by atoms with Gasteiger partial charge in [0.05, 0.1) is 11.9 Å². The Morgan fingerprint density at radius 1 is 1.28 bits per heavy atom. The molecule has 1 fully saturated rings. The standard InChI is InChI=1S/C19H24N6/c1-24-9-7-21-18(24)10-15-4-3-8-25(13-15)14-17-12-22-23-19(17)16-5-2-6-20-11-16/h2,5-7,9,11-12,15H,3-4,8,10,13-14H2,1H3,(H,22,23)/t15-/m1/s1. The van der Waals surface area contributed by atoms with Crippen LogP contribution in [0.25, 0.3) is 11.3 Å². The number of aromatic amines is 1. The number of nitrogens with zero attached hydrogens (tertiary/aromatic N) is 5. The largest absolute Gasteiger partial charge is 0.338 e. The molecule has 1 atom stereocenters. The van der Waals surface area contributed by atoms with E-state index in [1.165, 1.54) is 24.2 Å². The molecular weight excluding hydrogens is 312 g/mol. The maximum Gasteiger partial charge on any atom is 0.108 e. The molecule has 25 heavy (non-hydrogen) atoms. The van der Waals surface area contributed by atoms with E-state index in [0.717, 1.165) is 37.3 Å². The van der Waals surface area contributed by atoms with Crippen molar-refractivity contribution >= 4 is 0 Å². The van der Waals surface area contributed by atoms with Crippen molar-refractivity contribution in [1.29, 1.82) is 0 Å². The van der Waals surface area contributed by atoms with Crippen molar-refractivity contribution < 1.29 is 0 Å². The maximum absolute atomic E-state index is 4.49. The van der Waals surface area contributed by atoms with Crippen molar-refractivity contribution in [3.8, 4) is 11.3 Å². The molecule has 0 radical (unpaired) electrons. The summed E-state index contributed by atoms with van der Waals surface area (Å²) in [6, 6.07) is 4.04. The molecule has 6 nitrogen and oxygen atoms in total. The Morgan fingerprint density at radius 3 is 3.04 bits per heavy atom. The summed E-state index contributed by atoms with van der Waals surface area (Å²) in [5.74, 6) is 1.86. The fraction of sp³-hybridized carbons (Fsp3) is 0.421. The summed E-state index contributed by atoms with van der Waals surface area (Å²) >= 11 is 0. The molecule has 3 aromatic heterocycles.